The highest BCUT2D eigenvalue weighted by Crippen LogP contribution is 2.26. The van der Waals surface area contributed by atoms with Crippen molar-refractivity contribution < 1.29 is 24.1 Å². The summed E-state index contributed by atoms with van der Waals surface area (Å²) in [4.78, 5) is 12.2. The van der Waals surface area contributed by atoms with Crippen molar-refractivity contribution in [2.45, 2.75) is 0 Å². The third-order valence-corrected chi connectivity index (χ3v) is 4.79. The first kappa shape index (κ1) is 19.5. The second kappa shape index (κ2) is 9.62. The molecule has 0 aliphatic carbocycles. The average Bonchev–Trinajstić information content (AvgIpc) is 3.25. The van der Waals surface area contributed by atoms with Crippen molar-refractivity contribution in [2.24, 2.45) is 0 Å². The molecule has 1 heterocycles. The Kier molecular flexibility index (Phi) is 6.70. The van der Waals surface area contributed by atoms with Crippen LogP contribution in [0.4, 0.5) is 0 Å². The fraction of sp³-hybridized carbons (Fsp3) is 0.136. The van der Waals surface area contributed by atoms with Gasteiger partial charge >= 0.3 is 5.97 Å². The standard InChI is InChI=1S/C22H20O5S/c1-25-19-5-2-3-6-20(19)27-13-12-26-17-10-8-16(9-11-17)15-18(22(23)24)21-7-4-14-28-21/h2-11,14-15H,12-13H2,1H3,(H,23,24)/b18-15+. The number of benzene rings is 2. The van der Waals surface area contributed by atoms with Crippen LogP contribution >= 0.6 is 11.3 Å². The molecule has 6 heteroatoms. The van der Waals surface area contributed by atoms with Crippen LogP contribution in [0, 0.1) is 0 Å². The molecule has 144 valence electrons. The lowest BCUT2D eigenvalue weighted by Gasteiger charge is -2.11. The molecular weight excluding hydrogens is 376 g/mol. The molecule has 0 bridgehead atoms. The van der Waals surface area contributed by atoms with Crippen LogP contribution < -0.4 is 14.2 Å². The third kappa shape index (κ3) is 5.14. The number of rotatable bonds is 9. The highest BCUT2D eigenvalue weighted by atomic mass is 32.1. The molecule has 1 aromatic heterocycles. The van der Waals surface area contributed by atoms with Gasteiger partial charge in [0.2, 0.25) is 0 Å². The Morgan fingerprint density at radius 2 is 1.68 bits per heavy atom. The molecule has 0 aliphatic heterocycles. The number of carboxylic acid groups (broad SMARTS) is 1. The molecule has 0 atom stereocenters. The molecule has 28 heavy (non-hydrogen) atoms. The topological polar surface area (TPSA) is 65.0 Å². The number of ether oxygens (including phenoxy) is 3. The molecule has 0 saturated carbocycles. The van der Waals surface area contributed by atoms with Gasteiger partial charge in [0.05, 0.1) is 12.7 Å². The first-order chi connectivity index (χ1) is 13.7. The van der Waals surface area contributed by atoms with Crippen molar-refractivity contribution in [2.75, 3.05) is 20.3 Å². The fourth-order valence-corrected chi connectivity index (χ4v) is 3.28. The van der Waals surface area contributed by atoms with Crippen molar-refractivity contribution in [3.05, 3.63) is 76.5 Å². The highest BCUT2D eigenvalue weighted by molar-refractivity contribution is 7.11. The van der Waals surface area contributed by atoms with Gasteiger partial charge in [-0.1, -0.05) is 30.3 Å². The Balaban J connectivity index is 1.56. The number of carboxylic acids is 1. The second-order valence-corrected chi connectivity index (χ2v) is 6.70. The van der Waals surface area contributed by atoms with Gasteiger partial charge in [-0.15, -0.1) is 11.3 Å². The van der Waals surface area contributed by atoms with Gasteiger partial charge in [-0.05, 0) is 47.4 Å². The van der Waals surface area contributed by atoms with Crippen molar-refractivity contribution in [1.29, 1.82) is 0 Å². The van der Waals surface area contributed by atoms with E-state index in [1.54, 1.807) is 19.3 Å². The minimum Gasteiger partial charge on any atom is -0.493 e. The Morgan fingerprint density at radius 3 is 2.32 bits per heavy atom. The number of hydrogen-bond donors (Lipinski definition) is 1. The van der Waals surface area contributed by atoms with E-state index in [4.69, 9.17) is 14.2 Å². The van der Waals surface area contributed by atoms with E-state index in [1.807, 2.05) is 60.0 Å². The van der Waals surface area contributed by atoms with E-state index >= 15 is 0 Å². The lowest BCUT2D eigenvalue weighted by molar-refractivity contribution is -0.130. The molecule has 2 aromatic carbocycles. The smallest absolute Gasteiger partial charge is 0.337 e. The van der Waals surface area contributed by atoms with Gasteiger partial charge in [0.25, 0.3) is 0 Å². The van der Waals surface area contributed by atoms with Crippen molar-refractivity contribution in [1.82, 2.24) is 0 Å². The lowest BCUT2D eigenvalue weighted by Crippen LogP contribution is -2.09. The maximum absolute atomic E-state index is 11.5. The molecule has 0 amide bonds. The summed E-state index contributed by atoms with van der Waals surface area (Å²) >= 11 is 1.40. The Morgan fingerprint density at radius 1 is 0.964 bits per heavy atom. The number of aliphatic carboxylic acids is 1. The van der Waals surface area contributed by atoms with E-state index in [2.05, 4.69) is 0 Å². The molecule has 3 aromatic rings. The van der Waals surface area contributed by atoms with E-state index in [0.717, 1.165) is 10.4 Å². The van der Waals surface area contributed by atoms with Crippen molar-refractivity contribution >= 4 is 29.0 Å². The maximum Gasteiger partial charge on any atom is 0.337 e. The molecule has 0 aliphatic rings. The fourth-order valence-electron chi connectivity index (χ4n) is 2.55. The van der Waals surface area contributed by atoms with Crippen LogP contribution in [0.1, 0.15) is 10.4 Å². The zero-order chi connectivity index (χ0) is 19.8. The van der Waals surface area contributed by atoms with E-state index in [-0.39, 0.29) is 5.57 Å². The van der Waals surface area contributed by atoms with Crippen LogP contribution in [0.3, 0.4) is 0 Å². The predicted octanol–water partition coefficient (Wildman–Crippen LogP) is 4.84. The monoisotopic (exact) mass is 396 g/mol. The molecular formula is C22H20O5S. The van der Waals surface area contributed by atoms with Crippen molar-refractivity contribution in [3.8, 4) is 17.2 Å². The summed E-state index contributed by atoms with van der Waals surface area (Å²) in [5.41, 5.74) is 1.07. The normalized spacial score (nSPS) is 11.1. The Labute approximate surface area is 167 Å². The Hall–Kier alpha value is -3.25. The summed E-state index contributed by atoms with van der Waals surface area (Å²) in [6.45, 7) is 0.756. The molecule has 1 N–H and O–H groups in total. The molecule has 5 nitrogen and oxygen atoms in total. The van der Waals surface area contributed by atoms with Crippen molar-refractivity contribution in [3.63, 3.8) is 0 Å². The van der Waals surface area contributed by atoms with E-state index in [1.165, 1.54) is 11.3 Å². The van der Waals surface area contributed by atoms with Crippen LogP contribution in [0.25, 0.3) is 11.6 Å². The van der Waals surface area contributed by atoms with Crippen LogP contribution in [0.15, 0.2) is 66.0 Å². The Bertz CT molecular complexity index is 930. The quantitative estimate of drug-likeness (QED) is 0.414. The van der Waals surface area contributed by atoms with Gasteiger partial charge in [-0.25, -0.2) is 4.79 Å². The zero-order valence-corrected chi connectivity index (χ0v) is 16.1. The lowest BCUT2D eigenvalue weighted by atomic mass is 10.1. The number of hydrogen-bond acceptors (Lipinski definition) is 5. The largest absolute Gasteiger partial charge is 0.493 e. The van der Waals surface area contributed by atoms with E-state index in [0.29, 0.717) is 30.5 Å². The summed E-state index contributed by atoms with van der Waals surface area (Å²) in [5.74, 6) is 1.09. The van der Waals surface area contributed by atoms with Crippen LogP contribution in [0.5, 0.6) is 17.2 Å². The van der Waals surface area contributed by atoms with Gasteiger partial charge in [-0.2, -0.15) is 0 Å². The first-order valence-corrected chi connectivity index (χ1v) is 9.53. The van der Waals surface area contributed by atoms with Gasteiger partial charge in [0.1, 0.15) is 19.0 Å². The number of carbonyl (C=O) groups is 1. The zero-order valence-electron chi connectivity index (χ0n) is 15.3. The molecule has 0 radical (unpaired) electrons. The highest BCUT2D eigenvalue weighted by Gasteiger charge is 2.11. The maximum atomic E-state index is 11.5. The van der Waals surface area contributed by atoms with Gasteiger partial charge in [0.15, 0.2) is 11.5 Å². The minimum atomic E-state index is -0.948. The van der Waals surface area contributed by atoms with Gasteiger partial charge in [-0.3, -0.25) is 0 Å². The summed E-state index contributed by atoms with van der Waals surface area (Å²) in [5, 5.41) is 11.3. The predicted molar refractivity (Wildman–Crippen MR) is 110 cm³/mol. The average molecular weight is 396 g/mol. The summed E-state index contributed by atoms with van der Waals surface area (Å²) in [6, 6.07) is 18.3. The molecule has 3 rings (SSSR count). The molecule has 0 spiro atoms. The van der Waals surface area contributed by atoms with E-state index < -0.39 is 5.97 Å². The molecule has 0 saturated heterocycles. The van der Waals surface area contributed by atoms with Crippen LogP contribution in [0.2, 0.25) is 0 Å². The van der Waals surface area contributed by atoms with E-state index in [9.17, 15) is 9.90 Å². The molecule has 0 fully saturated rings. The van der Waals surface area contributed by atoms with Crippen LogP contribution in [-0.4, -0.2) is 31.4 Å². The minimum absolute atomic E-state index is 0.272. The second-order valence-electron chi connectivity index (χ2n) is 5.76. The summed E-state index contributed by atoms with van der Waals surface area (Å²) in [7, 11) is 1.60. The number of thiophene rings is 1. The number of methoxy groups -OCH3 is 1. The van der Waals surface area contributed by atoms with Gasteiger partial charge in [0, 0.05) is 4.88 Å². The first-order valence-electron chi connectivity index (χ1n) is 8.65. The summed E-state index contributed by atoms with van der Waals surface area (Å²) in [6.07, 6.45) is 1.66. The van der Waals surface area contributed by atoms with Gasteiger partial charge < -0.3 is 19.3 Å². The number of para-hydroxylation sites is 2. The summed E-state index contributed by atoms with van der Waals surface area (Å²) < 4.78 is 16.6. The van der Waals surface area contributed by atoms with Crippen LogP contribution in [-0.2, 0) is 4.79 Å². The molecule has 0 unspecified atom stereocenters. The third-order valence-electron chi connectivity index (χ3n) is 3.89. The SMILES string of the molecule is COc1ccccc1OCCOc1ccc(/C=C(/C(=O)O)c2cccs2)cc1.